The highest BCUT2D eigenvalue weighted by Gasteiger charge is 2.31. The summed E-state index contributed by atoms with van der Waals surface area (Å²) in [7, 11) is 0. The maximum Gasteiger partial charge on any atom is 0.253 e. The zero-order chi connectivity index (χ0) is 27.5. The van der Waals surface area contributed by atoms with Crippen molar-refractivity contribution in [3.05, 3.63) is 147 Å². The molecule has 0 aliphatic heterocycles. The number of hydrogen-bond acceptors (Lipinski definition) is 6. The molecule has 0 spiro atoms. The minimum atomic E-state index is -0.630. The van der Waals surface area contributed by atoms with Crippen LogP contribution in [0, 0.1) is 12.7 Å². The van der Waals surface area contributed by atoms with Gasteiger partial charge in [-0.05, 0) is 76.3 Å². The van der Waals surface area contributed by atoms with E-state index in [1.54, 1.807) is 23.1 Å². The SMILES string of the molecule is Cc1ccc2[nH]c(=O)c([C@H](c3nnnn3Cc3ccc(F)cc3)N(Cc3ccccc3)Cc3ccco3)cc2c1. The van der Waals surface area contributed by atoms with Crippen molar-refractivity contribution in [2.24, 2.45) is 0 Å². The van der Waals surface area contributed by atoms with Crippen molar-refractivity contribution in [1.82, 2.24) is 30.1 Å². The van der Waals surface area contributed by atoms with Gasteiger partial charge in [0.1, 0.15) is 17.6 Å². The van der Waals surface area contributed by atoms with E-state index in [1.165, 1.54) is 12.1 Å². The summed E-state index contributed by atoms with van der Waals surface area (Å²) in [5, 5.41) is 13.6. The lowest BCUT2D eigenvalue weighted by molar-refractivity contribution is 0.179. The van der Waals surface area contributed by atoms with Gasteiger partial charge in [-0.1, -0.05) is 54.1 Å². The normalized spacial score (nSPS) is 12.3. The van der Waals surface area contributed by atoms with Crippen molar-refractivity contribution in [1.29, 1.82) is 0 Å². The second-order valence-corrected chi connectivity index (χ2v) is 9.84. The predicted octanol–water partition coefficient (Wildman–Crippen LogP) is 5.40. The van der Waals surface area contributed by atoms with Crippen molar-refractivity contribution >= 4 is 10.9 Å². The Balaban J connectivity index is 1.52. The number of aromatic amines is 1. The molecule has 0 fully saturated rings. The Bertz CT molecular complexity index is 1780. The number of nitrogens with zero attached hydrogens (tertiary/aromatic N) is 5. The van der Waals surface area contributed by atoms with E-state index in [-0.39, 0.29) is 11.4 Å². The molecule has 0 saturated carbocycles. The Morgan fingerprint density at radius 2 is 1.77 bits per heavy atom. The number of H-pyrrole nitrogens is 1. The summed E-state index contributed by atoms with van der Waals surface area (Å²) in [6.07, 6.45) is 1.63. The van der Waals surface area contributed by atoms with Crippen LogP contribution in [-0.2, 0) is 19.6 Å². The molecule has 3 heterocycles. The molecule has 9 heteroatoms. The van der Waals surface area contributed by atoms with Crippen LogP contribution in [0.15, 0.2) is 106 Å². The molecule has 1 N–H and O–H groups in total. The molecule has 0 unspecified atom stereocenters. The lowest BCUT2D eigenvalue weighted by Gasteiger charge is -2.30. The van der Waals surface area contributed by atoms with Gasteiger partial charge in [-0.15, -0.1) is 5.10 Å². The third-order valence-electron chi connectivity index (χ3n) is 6.91. The van der Waals surface area contributed by atoms with Crippen LogP contribution in [-0.4, -0.2) is 30.1 Å². The summed E-state index contributed by atoms with van der Waals surface area (Å²) in [5.41, 5.74) is 4.01. The molecule has 0 radical (unpaired) electrons. The molecule has 0 saturated heterocycles. The van der Waals surface area contributed by atoms with Crippen molar-refractivity contribution in [3.8, 4) is 0 Å². The second kappa shape index (κ2) is 11.1. The number of halogens is 1. The van der Waals surface area contributed by atoms with E-state index in [9.17, 15) is 9.18 Å². The average Bonchev–Trinajstić information content (AvgIpc) is 3.64. The molecule has 6 aromatic rings. The highest BCUT2D eigenvalue weighted by atomic mass is 19.1. The van der Waals surface area contributed by atoms with Gasteiger partial charge in [-0.25, -0.2) is 9.07 Å². The van der Waals surface area contributed by atoms with E-state index in [0.29, 0.717) is 31.0 Å². The minimum absolute atomic E-state index is 0.227. The number of tetrazole rings is 1. The highest BCUT2D eigenvalue weighted by Crippen LogP contribution is 2.30. The minimum Gasteiger partial charge on any atom is -0.468 e. The van der Waals surface area contributed by atoms with Gasteiger partial charge in [0, 0.05) is 17.6 Å². The fourth-order valence-corrected chi connectivity index (χ4v) is 4.99. The van der Waals surface area contributed by atoms with E-state index in [4.69, 9.17) is 4.42 Å². The Morgan fingerprint density at radius 1 is 0.950 bits per heavy atom. The first kappa shape index (κ1) is 25.4. The van der Waals surface area contributed by atoms with Gasteiger partial charge >= 0.3 is 0 Å². The maximum absolute atomic E-state index is 13.7. The largest absolute Gasteiger partial charge is 0.468 e. The number of aryl methyl sites for hydroxylation is 1. The maximum atomic E-state index is 13.7. The molecule has 40 heavy (non-hydrogen) atoms. The monoisotopic (exact) mass is 534 g/mol. The van der Waals surface area contributed by atoms with Crippen molar-refractivity contribution in [2.75, 3.05) is 0 Å². The molecule has 3 aromatic carbocycles. The summed E-state index contributed by atoms with van der Waals surface area (Å²) in [5.74, 6) is 0.917. The van der Waals surface area contributed by atoms with Crippen molar-refractivity contribution < 1.29 is 8.81 Å². The van der Waals surface area contributed by atoms with E-state index in [0.717, 1.165) is 33.4 Å². The standard InChI is InChI=1S/C31H27FN6O2/c1-21-9-14-28-24(16-21)17-27(31(39)33-28)29(30-34-35-36-38(30)19-23-10-12-25(32)13-11-23)37(20-26-8-5-15-40-26)18-22-6-3-2-4-7-22/h2-17,29H,18-20H2,1H3,(H,33,39)/t29-/m1/s1. The fraction of sp³-hybridized carbons (Fsp3) is 0.161. The number of hydrogen-bond donors (Lipinski definition) is 1. The van der Waals surface area contributed by atoms with E-state index >= 15 is 0 Å². The molecule has 0 bridgehead atoms. The molecule has 6 rings (SSSR count). The van der Waals surface area contributed by atoms with Gasteiger partial charge in [0.05, 0.1) is 19.4 Å². The quantitative estimate of drug-likeness (QED) is 0.267. The Hall–Kier alpha value is -4.89. The van der Waals surface area contributed by atoms with Gasteiger partial charge in [-0.3, -0.25) is 9.69 Å². The molecule has 8 nitrogen and oxygen atoms in total. The van der Waals surface area contributed by atoms with Crippen LogP contribution >= 0.6 is 0 Å². The van der Waals surface area contributed by atoms with Crippen molar-refractivity contribution in [3.63, 3.8) is 0 Å². The van der Waals surface area contributed by atoms with Gasteiger partial charge in [0.15, 0.2) is 5.82 Å². The van der Waals surface area contributed by atoms with E-state index < -0.39 is 6.04 Å². The highest BCUT2D eigenvalue weighted by molar-refractivity contribution is 5.79. The first-order chi connectivity index (χ1) is 19.5. The van der Waals surface area contributed by atoms with Crippen LogP contribution < -0.4 is 5.56 Å². The zero-order valence-electron chi connectivity index (χ0n) is 21.9. The second-order valence-electron chi connectivity index (χ2n) is 9.84. The lowest BCUT2D eigenvalue weighted by atomic mass is 10.0. The summed E-state index contributed by atoms with van der Waals surface area (Å²) in [6.45, 7) is 3.23. The van der Waals surface area contributed by atoms with Crippen LogP contribution in [0.5, 0.6) is 0 Å². The van der Waals surface area contributed by atoms with Gasteiger partial charge in [-0.2, -0.15) is 0 Å². The van der Waals surface area contributed by atoms with Gasteiger partial charge < -0.3 is 9.40 Å². The van der Waals surface area contributed by atoms with Gasteiger partial charge in [0.2, 0.25) is 0 Å². The Labute approximate surface area is 229 Å². The molecule has 0 aliphatic carbocycles. The number of furan rings is 1. The van der Waals surface area contributed by atoms with Crippen LogP contribution in [0.1, 0.15) is 39.9 Å². The average molecular weight is 535 g/mol. The molecule has 0 aliphatic rings. The summed E-state index contributed by atoms with van der Waals surface area (Å²) in [4.78, 5) is 18.9. The Morgan fingerprint density at radius 3 is 2.55 bits per heavy atom. The third-order valence-corrected chi connectivity index (χ3v) is 6.91. The molecule has 3 aromatic heterocycles. The van der Waals surface area contributed by atoms with Crippen LogP contribution in [0.3, 0.4) is 0 Å². The first-order valence-corrected chi connectivity index (χ1v) is 13.0. The molecule has 0 amide bonds. The van der Waals surface area contributed by atoms with Crippen molar-refractivity contribution in [2.45, 2.75) is 32.6 Å². The van der Waals surface area contributed by atoms with E-state index in [2.05, 4.69) is 25.4 Å². The van der Waals surface area contributed by atoms with Gasteiger partial charge in [0.25, 0.3) is 5.56 Å². The predicted molar refractivity (Wildman–Crippen MR) is 149 cm³/mol. The summed E-state index contributed by atoms with van der Waals surface area (Å²) < 4.78 is 21.0. The van der Waals surface area contributed by atoms with Crippen LogP contribution in [0.4, 0.5) is 4.39 Å². The summed E-state index contributed by atoms with van der Waals surface area (Å²) >= 11 is 0. The molecular formula is C31H27FN6O2. The smallest absolute Gasteiger partial charge is 0.253 e. The number of fused-ring (bicyclic) bond motifs is 1. The van der Waals surface area contributed by atoms with E-state index in [1.807, 2.05) is 73.7 Å². The first-order valence-electron chi connectivity index (χ1n) is 13.0. The zero-order valence-corrected chi connectivity index (χ0v) is 21.9. The molecule has 1 atom stereocenters. The number of rotatable bonds is 9. The summed E-state index contributed by atoms with van der Waals surface area (Å²) in [6, 6.07) is 27.2. The van der Waals surface area contributed by atoms with Crippen LogP contribution in [0.25, 0.3) is 10.9 Å². The topological polar surface area (TPSA) is 92.8 Å². The van der Waals surface area contributed by atoms with Crippen LogP contribution in [0.2, 0.25) is 0 Å². The molecular weight excluding hydrogens is 507 g/mol. The Kier molecular flexibility index (Phi) is 7.03. The number of pyridine rings is 1. The number of aromatic nitrogens is 5. The number of benzene rings is 3. The molecule has 200 valence electrons. The fourth-order valence-electron chi connectivity index (χ4n) is 4.99. The number of nitrogens with one attached hydrogen (secondary N) is 1. The lowest BCUT2D eigenvalue weighted by Crippen LogP contribution is -2.34. The third kappa shape index (κ3) is 5.45.